The van der Waals surface area contributed by atoms with Gasteiger partial charge in [-0.25, -0.2) is 0 Å². The molecule has 2 amide bonds. The Morgan fingerprint density at radius 2 is 1.77 bits per heavy atom. The highest BCUT2D eigenvalue weighted by Crippen LogP contribution is 2.21. The van der Waals surface area contributed by atoms with Crippen LogP contribution in [0.25, 0.3) is 0 Å². The third-order valence-corrected chi connectivity index (χ3v) is 4.58. The fourth-order valence-electron chi connectivity index (χ4n) is 1.99. The molecule has 0 unspecified atom stereocenters. The summed E-state index contributed by atoms with van der Waals surface area (Å²) in [6.45, 7) is 5.99. The minimum atomic E-state index is -0.204. The van der Waals surface area contributed by atoms with E-state index in [9.17, 15) is 9.59 Å². The summed E-state index contributed by atoms with van der Waals surface area (Å²) in [5, 5.41) is 2.79. The van der Waals surface area contributed by atoms with Crippen molar-refractivity contribution < 1.29 is 9.59 Å². The second-order valence-electron chi connectivity index (χ2n) is 5.43. The maximum atomic E-state index is 12.3. The summed E-state index contributed by atoms with van der Waals surface area (Å²) in [7, 11) is 1.64. The van der Waals surface area contributed by atoms with E-state index in [1.807, 2.05) is 51.1 Å². The third kappa shape index (κ3) is 3.95. The molecule has 22 heavy (non-hydrogen) atoms. The normalized spacial score (nSPS) is 10.4. The van der Waals surface area contributed by atoms with Gasteiger partial charge in [-0.1, -0.05) is 17.7 Å². The molecular formula is C17H20N2O2S. The van der Waals surface area contributed by atoms with Gasteiger partial charge in [0.2, 0.25) is 5.91 Å². The first-order valence-electron chi connectivity index (χ1n) is 7.06. The number of nitrogens with zero attached hydrogens (tertiary/aromatic N) is 1. The molecule has 0 radical (unpaired) electrons. The van der Waals surface area contributed by atoms with E-state index in [1.165, 1.54) is 16.2 Å². The molecule has 1 N–H and O–H groups in total. The monoisotopic (exact) mass is 316 g/mol. The van der Waals surface area contributed by atoms with Gasteiger partial charge in [0.15, 0.2) is 0 Å². The fourth-order valence-corrected chi connectivity index (χ4v) is 3.02. The minimum Gasteiger partial charge on any atom is -0.332 e. The lowest BCUT2D eigenvalue weighted by Crippen LogP contribution is -2.34. The van der Waals surface area contributed by atoms with Gasteiger partial charge in [-0.05, 0) is 44.5 Å². The Kier molecular flexibility index (Phi) is 4.98. The van der Waals surface area contributed by atoms with Crippen molar-refractivity contribution in [2.45, 2.75) is 20.8 Å². The number of hydrogen-bond acceptors (Lipinski definition) is 3. The van der Waals surface area contributed by atoms with E-state index in [1.54, 1.807) is 7.05 Å². The second kappa shape index (κ2) is 6.75. The van der Waals surface area contributed by atoms with Gasteiger partial charge in [0.25, 0.3) is 5.91 Å². The van der Waals surface area contributed by atoms with Crippen LogP contribution in [-0.2, 0) is 4.79 Å². The number of benzene rings is 1. The van der Waals surface area contributed by atoms with E-state index in [0.717, 1.165) is 21.7 Å². The van der Waals surface area contributed by atoms with Gasteiger partial charge in [0, 0.05) is 17.6 Å². The average Bonchev–Trinajstić information content (AvgIpc) is 2.80. The molecule has 0 aliphatic heterocycles. The Morgan fingerprint density at radius 1 is 1.14 bits per heavy atom. The van der Waals surface area contributed by atoms with Crippen LogP contribution in [0.3, 0.4) is 0 Å². The first-order valence-corrected chi connectivity index (χ1v) is 7.87. The van der Waals surface area contributed by atoms with Crippen molar-refractivity contribution in [3.63, 3.8) is 0 Å². The van der Waals surface area contributed by atoms with E-state index in [-0.39, 0.29) is 18.4 Å². The number of hydrogen-bond donors (Lipinski definition) is 1. The molecule has 1 aromatic heterocycles. The van der Waals surface area contributed by atoms with Crippen molar-refractivity contribution >= 4 is 28.8 Å². The molecule has 0 fully saturated rings. The summed E-state index contributed by atoms with van der Waals surface area (Å²) in [4.78, 5) is 27.5. The van der Waals surface area contributed by atoms with Crippen molar-refractivity contribution in [2.24, 2.45) is 0 Å². The Hall–Kier alpha value is -2.14. The maximum absolute atomic E-state index is 12.3. The lowest BCUT2D eigenvalue weighted by Gasteiger charge is -2.16. The number of likely N-dealkylation sites (N-methyl/N-ethyl adjacent to an activating group) is 1. The van der Waals surface area contributed by atoms with Crippen molar-refractivity contribution in [3.05, 3.63) is 51.2 Å². The molecule has 0 saturated heterocycles. The second-order valence-corrected chi connectivity index (χ2v) is 6.68. The van der Waals surface area contributed by atoms with E-state index in [4.69, 9.17) is 0 Å². The van der Waals surface area contributed by atoms with Crippen LogP contribution in [-0.4, -0.2) is 30.3 Å². The summed E-state index contributed by atoms with van der Waals surface area (Å²) in [5.74, 6) is -0.329. The molecule has 2 rings (SSSR count). The zero-order valence-corrected chi connectivity index (χ0v) is 14.1. The predicted molar refractivity (Wildman–Crippen MR) is 90.6 cm³/mol. The van der Waals surface area contributed by atoms with Gasteiger partial charge in [-0.3, -0.25) is 9.59 Å². The molecule has 0 spiro atoms. The van der Waals surface area contributed by atoms with Gasteiger partial charge in [0.1, 0.15) is 0 Å². The van der Waals surface area contributed by atoms with Crippen LogP contribution in [0.5, 0.6) is 0 Å². The van der Waals surface area contributed by atoms with Crippen LogP contribution in [0.2, 0.25) is 0 Å². The van der Waals surface area contributed by atoms with E-state index < -0.39 is 0 Å². The number of anilines is 1. The minimum absolute atomic E-state index is 0.0305. The first kappa shape index (κ1) is 16.2. The summed E-state index contributed by atoms with van der Waals surface area (Å²) in [5.41, 5.74) is 2.97. The van der Waals surface area contributed by atoms with Gasteiger partial charge in [-0.2, -0.15) is 0 Å². The largest absolute Gasteiger partial charge is 0.332 e. The molecule has 0 saturated carbocycles. The number of carbonyl (C=O) groups excluding carboxylic acids is 2. The highest BCUT2D eigenvalue weighted by Gasteiger charge is 2.17. The summed E-state index contributed by atoms with van der Waals surface area (Å²) in [6, 6.07) is 9.43. The number of amides is 2. The smallest absolute Gasteiger partial charge is 0.264 e. The summed E-state index contributed by atoms with van der Waals surface area (Å²) < 4.78 is 0. The summed E-state index contributed by atoms with van der Waals surface area (Å²) >= 11 is 1.46. The first-order chi connectivity index (χ1) is 10.4. The summed E-state index contributed by atoms with van der Waals surface area (Å²) in [6.07, 6.45) is 0. The molecule has 5 heteroatoms. The van der Waals surface area contributed by atoms with E-state index in [0.29, 0.717) is 4.88 Å². The topological polar surface area (TPSA) is 49.4 Å². The zero-order chi connectivity index (χ0) is 16.3. The number of rotatable bonds is 4. The van der Waals surface area contributed by atoms with Crippen LogP contribution in [0.1, 0.15) is 25.7 Å². The highest BCUT2D eigenvalue weighted by molar-refractivity contribution is 7.14. The molecule has 1 heterocycles. The highest BCUT2D eigenvalue weighted by atomic mass is 32.1. The van der Waals surface area contributed by atoms with Crippen LogP contribution < -0.4 is 5.32 Å². The lowest BCUT2D eigenvalue weighted by molar-refractivity contribution is -0.116. The number of nitrogens with one attached hydrogen (secondary N) is 1. The zero-order valence-electron chi connectivity index (χ0n) is 13.3. The number of carbonyl (C=O) groups is 2. The van der Waals surface area contributed by atoms with Gasteiger partial charge in [0.05, 0.1) is 11.4 Å². The van der Waals surface area contributed by atoms with Crippen LogP contribution >= 0.6 is 11.3 Å². The molecule has 116 valence electrons. The third-order valence-electron chi connectivity index (χ3n) is 3.44. The number of thiophene rings is 1. The molecular weight excluding hydrogens is 296 g/mol. The maximum Gasteiger partial charge on any atom is 0.264 e. The van der Waals surface area contributed by atoms with Gasteiger partial charge < -0.3 is 10.2 Å². The van der Waals surface area contributed by atoms with Crippen molar-refractivity contribution in [2.75, 3.05) is 18.9 Å². The number of aryl methyl sites for hydroxylation is 3. The fraction of sp³-hybridized carbons (Fsp3) is 0.294. The standard InChI is InChI=1S/C17H20N2O2S/c1-11-5-7-14(8-6-11)18-16(20)10-19(4)17(21)15-9-12(2)13(3)22-15/h5-9H,10H2,1-4H3,(H,18,20). The van der Waals surface area contributed by atoms with E-state index >= 15 is 0 Å². The lowest BCUT2D eigenvalue weighted by atomic mass is 10.2. The van der Waals surface area contributed by atoms with Crippen LogP contribution in [0.4, 0.5) is 5.69 Å². The van der Waals surface area contributed by atoms with Crippen molar-refractivity contribution in [1.29, 1.82) is 0 Å². The molecule has 0 bridgehead atoms. The van der Waals surface area contributed by atoms with Gasteiger partial charge >= 0.3 is 0 Å². The Bertz CT molecular complexity index is 670. The Balaban J connectivity index is 1.95. The van der Waals surface area contributed by atoms with Crippen molar-refractivity contribution in [3.8, 4) is 0 Å². The molecule has 1 aromatic carbocycles. The van der Waals surface area contributed by atoms with Gasteiger partial charge in [-0.15, -0.1) is 11.3 Å². The molecule has 0 aliphatic carbocycles. The molecule has 4 nitrogen and oxygen atoms in total. The van der Waals surface area contributed by atoms with Crippen molar-refractivity contribution in [1.82, 2.24) is 4.90 Å². The molecule has 0 atom stereocenters. The predicted octanol–water partition coefficient (Wildman–Crippen LogP) is 3.38. The van der Waals surface area contributed by atoms with E-state index in [2.05, 4.69) is 5.32 Å². The average molecular weight is 316 g/mol. The Labute approximate surface area is 134 Å². The SMILES string of the molecule is Cc1ccc(NC(=O)CN(C)C(=O)c2cc(C)c(C)s2)cc1. The molecule has 0 aliphatic rings. The Morgan fingerprint density at radius 3 is 2.32 bits per heavy atom. The molecule has 2 aromatic rings. The van der Waals surface area contributed by atoms with Crippen LogP contribution in [0.15, 0.2) is 30.3 Å². The quantitative estimate of drug-likeness (QED) is 0.940. The van der Waals surface area contributed by atoms with Crippen LogP contribution in [0, 0.1) is 20.8 Å².